The first-order chi connectivity index (χ1) is 17.4. The normalized spacial score (nSPS) is 15.1. The lowest BCUT2D eigenvalue weighted by molar-refractivity contribution is 0.209. The summed E-state index contributed by atoms with van der Waals surface area (Å²) in [5.74, 6) is -0.146. The van der Waals surface area contributed by atoms with Crippen LogP contribution in [0.15, 0.2) is 70.1 Å². The van der Waals surface area contributed by atoms with Crippen molar-refractivity contribution in [1.29, 1.82) is 5.26 Å². The Morgan fingerprint density at radius 2 is 1.75 bits per heavy atom. The van der Waals surface area contributed by atoms with E-state index in [1.165, 1.54) is 16.7 Å². The second-order valence-corrected chi connectivity index (χ2v) is 9.55. The van der Waals surface area contributed by atoms with Gasteiger partial charge >= 0.3 is 0 Å². The van der Waals surface area contributed by atoms with Gasteiger partial charge in [0.2, 0.25) is 0 Å². The fourth-order valence-corrected chi connectivity index (χ4v) is 5.24. The summed E-state index contributed by atoms with van der Waals surface area (Å²) in [6.45, 7) is 2.25. The van der Waals surface area contributed by atoms with Crippen LogP contribution in [0.25, 0.3) is 11.0 Å². The van der Waals surface area contributed by atoms with E-state index in [0.717, 1.165) is 11.1 Å². The van der Waals surface area contributed by atoms with E-state index in [0.29, 0.717) is 47.5 Å². The number of halogens is 2. The minimum Gasteiger partial charge on any atom is -0.508 e. The third-order valence-corrected chi connectivity index (χ3v) is 7.15. The van der Waals surface area contributed by atoms with E-state index >= 15 is 0 Å². The van der Waals surface area contributed by atoms with Gasteiger partial charge in [-0.25, -0.2) is 9.37 Å². The molecule has 1 atom stereocenters. The number of aromatic nitrogens is 2. The van der Waals surface area contributed by atoms with Crippen molar-refractivity contribution in [2.75, 3.05) is 31.1 Å². The SMILES string of the molecule is Cn1c(=O)c(C#N)c(N2CCN([C@@H](c3ccc(F)cc3)c3ccccc3O)CC2)c2nc(Br)ccc21. The van der Waals surface area contributed by atoms with Crippen molar-refractivity contribution in [3.63, 3.8) is 0 Å². The summed E-state index contributed by atoms with van der Waals surface area (Å²) in [6, 6.07) is 18.9. The number of benzene rings is 2. The number of aromatic hydroxyl groups is 1. The fourth-order valence-electron chi connectivity index (χ4n) is 4.93. The number of nitrogens with zero attached hydrogens (tertiary/aromatic N) is 5. The molecule has 1 fully saturated rings. The van der Waals surface area contributed by atoms with Crippen LogP contribution in [0, 0.1) is 17.1 Å². The molecule has 0 bridgehead atoms. The molecule has 2 aromatic heterocycles. The Morgan fingerprint density at radius 1 is 1.06 bits per heavy atom. The monoisotopic (exact) mass is 547 g/mol. The molecule has 182 valence electrons. The third kappa shape index (κ3) is 4.23. The van der Waals surface area contributed by atoms with Gasteiger partial charge in [-0.2, -0.15) is 5.26 Å². The van der Waals surface area contributed by atoms with Crippen molar-refractivity contribution in [2.24, 2.45) is 7.05 Å². The van der Waals surface area contributed by atoms with Crippen LogP contribution in [0.2, 0.25) is 0 Å². The van der Waals surface area contributed by atoms with Crippen molar-refractivity contribution < 1.29 is 9.50 Å². The van der Waals surface area contributed by atoms with Gasteiger partial charge < -0.3 is 14.6 Å². The molecule has 0 aliphatic carbocycles. The smallest absolute Gasteiger partial charge is 0.270 e. The van der Waals surface area contributed by atoms with Gasteiger partial charge in [0.1, 0.15) is 33.3 Å². The number of hydrogen-bond donors (Lipinski definition) is 1. The maximum Gasteiger partial charge on any atom is 0.270 e. The number of pyridine rings is 2. The summed E-state index contributed by atoms with van der Waals surface area (Å²) in [5.41, 5.74) is 3.10. The molecule has 9 heteroatoms. The van der Waals surface area contributed by atoms with Crippen molar-refractivity contribution >= 4 is 32.7 Å². The van der Waals surface area contributed by atoms with Crippen LogP contribution in [0.1, 0.15) is 22.7 Å². The topological polar surface area (TPSA) is 85.4 Å². The molecule has 7 nitrogen and oxygen atoms in total. The lowest BCUT2D eigenvalue weighted by atomic mass is 9.95. The average Bonchev–Trinajstić information content (AvgIpc) is 2.89. The quantitative estimate of drug-likeness (QED) is 0.383. The van der Waals surface area contributed by atoms with Crippen LogP contribution in [0.3, 0.4) is 0 Å². The molecule has 0 spiro atoms. The Morgan fingerprint density at radius 3 is 2.42 bits per heavy atom. The maximum atomic E-state index is 13.7. The van der Waals surface area contributed by atoms with Crippen LogP contribution in [0.4, 0.5) is 10.1 Å². The Balaban J connectivity index is 1.53. The maximum absolute atomic E-state index is 13.7. The molecule has 1 aliphatic rings. The number of piperazine rings is 1. The second kappa shape index (κ2) is 9.72. The molecular formula is C27H23BrFN5O2. The Hall–Kier alpha value is -3.74. The molecule has 0 radical (unpaired) electrons. The van der Waals surface area contributed by atoms with Crippen LogP contribution < -0.4 is 10.5 Å². The minimum atomic E-state index is -0.357. The second-order valence-electron chi connectivity index (χ2n) is 8.74. The molecule has 5 rings (SSSR count). The lowest BCUT2D eigenvalue weighted by Gasteiger charge is -2.41. The van der Waals surface area contributed by atoms with Gasteiger partial charge in [0.15, 0.2) is 0 Å². The first-order valence-corrected chi connectivity index (χ1v) is 12.3. The van der Waals surface area contributed by atoms with E-state index in [2.05, 4.69) is 31.9 Å². The highest BCUT2D eigenvalue weighted by atomic mass is 79.9. The third-order valence-electron chi connectivity index (χ3n) is 6.71. The molecule has 0 saturated carbocycles. The van der Waals surface area contributed by atoms with Gasteiger partial charge in [0, 0.05) is 38.8 Å². The molecule has 0 amide bonds. The van der Waals surface area contributed by atoms with E-state index in [4.69, 9.17) is 0 Å². The highest BCUT2D eigenvalue weighted by Crippen LogP contribution is 2.36. The van der Waals surface area contributed by atoms with Gasteiger partial charge in [-0.1, -0.05) is 30.3 Å². The number of para-hydroxylation sites is 1. The van der Waals surface area contributed by atoms with Crippen LogP contribution >= 0.6 is 15.9 Å². The molecule has 1 N–H and O–H groups in total. The van der Waals surface area contributed by atoms with Crippen LogP contribution in [-0.4, -0.2) is 45.7 Å². The number of phenolic OH excluding ortho intramolecular Hbond substituents is 1. The van der Waals surface area contributed by atoms with Gasteiger partial charge in [-0.05, 0) is 51.8 Å². The highest BCUT2D eigenvalue weighted by molar-refractivity contribution is 9.10. The molecule has 1 saturated heterocycles. The zero-order chi connectivity index (χ0) is 25.4. The Labute approximate surface area is 215 Å². The van der Waals surface area contributed by atoms with E-state index < -0.39 is 0 Å². The summed E-state index contributed by atoms with van der Waals surface area (Å²) in [7, 11) is 1.64. The van der Waals surface area contributed by atoms with Crippen LogP contribution in [0.5, 0.6) is 5.75 Å². The van der Waals surface area contributed by atoms with Crippen molar-refractivity contribution in [2.45, 2.75) is 6.04 Å². The zero-order valence-corrected chi connectivity index (χ0v) is 21.1. The number of fused-ring (bicyclic) bond motifs is 1. The van der Waals surface area contributed by atoms with E-state index in [9.17, 15) is 19.6 Å². The number of nitriles is 1. The summed E-state index contributed by atoms with van der Waals surface area (Å²) in [4.78, 5) is 21.8. The molecule has 2 aromatic carbocycles. The Kier molecular flexibility index (Phi) is 6.48. The number of hydrogen-bond acceptors (Lipinski definition) is 6. The molecule has 3 heterocycles. The standard InChI is InChI=1S/C27H23BrFN5O2/c1-32-21-10-11-23(28)31-24(21)26(20(16-30)27(32)36)34-14-12-33(13-15-34)25(17-6-8-18(29)9-7-17)19-4-2-3-5-22(19)35/h2-11,25,35H,12-15H2,1H3/t25-/m0/s1. The number of aryl methyl sites for hydroxylation is 1. The number of anilines is 1. The van der Waals surface area contributed by atoms with Crippen molar-refractivity contribution in [1.82, 2.24) is 14.5 Å². The van der Waals surface area contributed by atoms with Crippen molar-refractivity contribution in [3.8, 4) is 11.8 Å². The summed E-state index contributed by atoms with van der Waals surface area (Å²) < 4.78 is 15.7. The number of phenols is 1. The summed E-state index contributed by atoms with van der Waals surface area (Å²) >= 11 is 3.41. The Bertz CT molecular complexity index is 1540. The predicted octanol–water partition coefficient (Wildman–Crippen LogP) is 4.32. The zero-order valence-electron chi connectivity index (χ0n) is 19.5. The van der Waals surface area contributed by atoms with E-state index in [-0.39, 0.29) is 28.7 Å². The summed E-state index contributed by atoms with van der Waals surface area (Å²) in [6.07, 6.45) is 0. The first-order valence-electron chi connectivity index (χ1n) is 11.5. The van der Waals surface area contributed by atoms with E-state index in [1.54, 1.807) is 37.4 Å². The fraction of sp³-hybridized carbons (Fsp3) is 0.222. The summed E-state index contributed by atoms with van der Waals surface area (Å²) in [5, 5.41) is 20.5. The molecule has 0 unspecified atom stereocenters. The van der Waals surface area contributed by atoms with E-state index in [1.807, 2.05) is 23.1 Å². The van der Waals surface area contributed by atoms with Gasteiger partial charge in [0.25, 0.3) is 5.56 Å². The van der Waals surface area contributed by atoms with Gasteiger partial charge in [-0.15, -0.1) is 0 Å². The van der Waals surface area contributed by atoms with Gasteiger partial charge in [-0.3, -0.25) is 9.69 Å². The largest absolute Gasteiger partial charge is 0.508 e. The number of rotatable bonds is 4. The predicted molar refractivity (Wildman–Crippen MR) is 140 cm³/mol. The lowest BCUT2D eigenvalue weighted by Crippen LogP contribution is -2.48. The minimum absolute atomic E-state index is 0.0693. The molecule has 36 heavy (non-hydrogen) atoms. The van der Waals surface area contributed by atoms with Crippen molar-refractivity contribution in [3.05, 3.63) is 98.1 Å². The van der Waals surface area contributed by atoms with Gasteiger partial charge in [0.05, 0.1) is 17.2 Å². The molecule has 4 aromatic rings. The molecule has 1 aliphatic heterocycles. The average molecular weight is 548 g/mol. The highest BCUT2D eigenvalue weighted by Gasteiger charge is 2.30. The van der Waals surface area contributed by atoms with Crippen LogP contribution in [-0.2, 0) is 7.05 Å². The first kappa shape index (κ1) is 24.0. The molecular weight excluding hydrogens is 525 g/mol.